The van der Waals surface area contributed by atoms with E-state index in [0.717, 1.165) is 6.07 Å². The Balaban J connectivity index is 2.62. The van der Waals surface area contributed by atoms with Gasteiger partial charge in [-0.25, -0.2) is 9.18 Å². The lowest BCUT2D eigenvalue weighted by atomic mass is 10.2. The van der Waals surface area contributed by atoms with Crippen LogP contribution >= 0.6 is 11.6 Å². The molecular formula is C14H16ClFN2O2. The zero-order valence-corrected chi connectivity index (χ0v) is 12.3. The van der Waals surface area contributed by atoms with Crippen LogP contribution < -0.4 is 11.1 Å². The molecule has 108 valence electrons. The fourth-order valence-corrected chi connectivity index (χ4v) is 1.46. The Hall–Kier alpha value is -1.93. The number of carbonyl (C=O) groups excluding carboxylic acids is 1. The second kappa shape index (κ2) is 6.49. The number of nitrogens with two attached hydrogens (primary N) is 1. The first kappa shape index (κ1) is 16.1. The van der Waals surface area contributed by atoms with Crippen molar-refractivity contribution < 1.29 is 13.9 Å². The molecule has 0 aliphatic heterocycles. The molecule has 6 heteroatoms. The largest absolute Gasteiger partial charge is 0.444 e. The summed E-state index contributed by atoms with van der Waals surface area (Å²) < 4.78 is 18.2. The quantitative estimate of drug-likeness (QED) is 0.619. The van der Waals surface area contributed by atoms with Gasteiger partial charge in [0.15, 0.2) is 0 Å². The summed E-state index contributed by atoms with van der Waals surface area (Å²) in [7, 11) is 0. The van der Waals surface area contributed by atoms with E-state index < -0.39 is 17.5 Å². The zero-order valence-electron chi connectivity index (χ0n) is 11.5. The van der Waals surface area contributed by atoms with Gasteiger partial charge >= 0.3 is 6.09 Å². The smallest absolute Gasteiger partial charge is 0.408 e. The van der Waals surface area contributed by atoms with Crippen LogP contribution in [0, 0.1) is 17.7 Å². The van der Waals surface area contributed by atoms with Gasteiger partial charge in [0.05, 0.1) is 22.8 Å². The van der Waals surface area contributed by atoms with Crippen LogP contribution in [0.5, 0.6) is 0 Å². The van der Waals surface area contributed by atoms with Crippen molar-refractivity contribution in [3.8, 4) is 11.8 Å². The molecule has 0 bridgehead atoms. The number of hydrogen-bond acceptors (Lipinski definition) is 3. The van der Waals surface area contributed by atoms with E-state index in [4.69, 9.17) is 22.1 Å². The van der Waals surface area contributed by atoms with Crippen LogP contribution in [0.1, 0.15) is 26.3 Å². The second-order valence-electron chi connectivity index (χ2n) is 5.01. The molecule has 1 amide bonds. The molecule has 0 saturated heterocycles. The monoisotopic (exact) mass is 298 g/mol. The molecule has 1 aromatic carbocycles. The van der Waals surface area contributed by atoms with E-state index in [1.807, 2.05) is 0 Å². The maximum absolute atomic E-state index is 13.1. The van der Waals surface area contributed by atoms with Crippen molar-refractivity contribution in [3.63, 3.8) is 0 Å². The Morgan fingerprint density at radius 3 is 2.75 bits per heavy atom. The van der Waals surface area contributed by atoms with Crippen LogP contribution in [-0.4, -0.2) is 18.2 Å². The van der Waals surface area contributed by atoms with E-state index in [9.17, 15) is 9.18 Å². The highest BCUT2D eigenvalue weighted by atomic mass is 35.5. The molecule has 0 saturated carbocycles. The molecule has 4 nitrogen and oxygen atoms in total. The number of anilines is 1. The lowest BCUT2D eigenvalue weighted by Crippen LogP contribution is -2.32. The summed E-state index contributed by atoms with van der Waals surface area (Å²) in [6, 6.07) is 2.29. The average Bonchev–Trinajstić information content (AvgIpc) is 2.28. The van der Waals surface area contributed by atoms with Crippen LogP contribution in [0.2, 0.25) is 5.02 Å². The molecule has 0 fully saturated rings. The molecule has 3 N–H and O–H groups in total. The molecule has 0 radical (unpaired) electrons. The van der Waals surface area contributed by atoms with Gasteiger partial charge in [0.25, 0.3) is 0 Å². The van der Waals surface area contributed by atoms with E-state index in [2.05, 4.69) is 17.2 Å². The van der Waals surface area contributed by atoms with Gasteiger partial charge in [0.2, 0.25) is 0 Å². The second-order valence-corrected chi connectivity index (χ2v) is 5.41. The lowest BCUT2D eigenvalue weighted by molar-refractivity contribution is 0.0535. The molecule has 0 heterocycles. The van der Waals surface area contributed by atoms with Gasteiger partial charge < -0.3 is 15.8 Å². The summed E-state index contributed by atoms with van der Waals surface area (Å²) in [6.45, 7) is 5.33. The number of hydrogen-bond donors (Lipinski definition) is 2. The van der Waals surface area contributed by atoms with E-state index in [-0.39, 0.29) is 22.8 Å². The van der Waals surface area contributed by atoms with Crippen molar-refractivity contribution in [3.05, 3.63) is 28.5 Å². The maximum atomic E-state index is 13.1. The van der Waals surface area contributed by atoms with Crippen LogP contribution in [-0.2, 0) is 4.74 Å². The van der Waals surface area contributed by atoms with Crippen LogP contribution in [0.15, 0.2) is 12.1 Å². The van der Waals surface area contributed by atoms with Gasteiger partial charge in [-0.3, -0.25) is 0 Å². The third-order valence-electron chi connectivity index (χ3n) is 2.04. The highest BCUT2D eigenvalue weighted by Gasteiger charge is 2.15. The maximum Gasteiger partial charge on any atom is 0.408 e. The molecule has 1 rings (SSSR count). The summed E-state index contributed by atoms with van der Waals surface area (Å²) in [5.41, 5.74) is 5.58. The van der Waals surface area contributed by atoms with Crippen LogP contribution in [0.25, 0.3) is 0 Å². The Morgan fingerprint density at radius 2 is 2.15 bits per heavy atom. The number of benzene rings is 1. The van der Waals surface area contributed by atoms with Gasteiger partial charge in [0, 0.05) is 0 Å². The number of rotatable bonds is 1. The molecule has 0 aromatic heterocycles. The van der Waals surface area contributed by atoms with Crippen molar-refractivity contribution in [1.82, 2.24) is 5.32 Å². The SMILES string of the molecule is CC(C)(C)OC(=O)NCC#Cc1cc(F)cc(Cl)c1N. The normalized spacial score (nSPS) is 10.4. The molecule has 1 aromatic rings. The number of carbonyl (C=O) groups is 1. The highest BCUT2D eigenvalue weighted by Crippen LogP contribution is 2.23. The molecule has 0 aliphatic carbocycles. The van der Waals surface area contributed by atoms with Gasteiger partial charge in [0.1, 0.15) is 11.4 Å². The van der Waals surface area contributed by atoms with Crippen LogP contribution in [0.4, 0.5) is 14.9 Å². The Kier molecular flexibility index (Phi) is 5.23. The van der Waals surface area contributed by atoms with Gasteiger partial charge in [-0.15, -0.1) is 0 Å². The zero-order chi connectivity index (χ0) is 15.3. The molecule has 0 unspecified atom stereocenters. The Bertz CT molecular complexity index is 571. The fraction of sp³-hybridized carbons (Fsp3) is 0.357. The van der Waals surface area contributed by atoms with E-state index >= 15 is 0 Å². The first-order chi connectivity index (χ1) is 9.19. The highest BCUT2D eigenvalue weighted by molar-refractivity contribution is 6.33. The number of halogens is 2. The minimum absolute atomic E-state index is 0.0580. The van der Waals surface area contributed by atoms with E-state index in [1.54, 1.807) is 20.8 Å². The minimum Gasteiger partial charge on any atom is -0.444 e. The third-order valence-corrected chi connectivity index (χ3v) is 2.35. The summed E-state index contributed by atoms with van der Waals surface area (Å²) >= 11 is 5.73. The van der Waals surface area contributed by atoms with E-state index in [0.29, 0.717) is 0 Å². The van der Waals surface area contributed by atoms with Crippen molar-refractivity contribution in [2.24, 2.45) is 0 Å². The van der Waals surface area contributed by atoms with Gasteiger partial charge in [-0.05, 0) is 32.9 Å². The number of amides is 1. The Morgan fingerprint density at radius 1 is 1.50 bits per heavy atom. The lowest BCUT2D eigenvalue weighted by Gasteiger charge is -2.19. The predicted octanol–water partition coefficient (Wildman–Crippen LogP) is 2.94. The van der Waals surface area contributed by atoms with Crippen molar-refractivity contribution >= 4 is 23.4 Å². The fourth-order valence-electron chi connectivity index (χ4n) is 1.26. The van der Waals surface area contributed by atoms with Crippen molar-refractivity contribution in [2.75, 3.05) is 12.3 Å². The summed E-state index contributed by atoms with van der Waals surface area (Å²) in [6.07, 6.45) is -0.572. The number of nitrogens with one attached hydrogen (secondary N) is 1. The van der Waals surface area contributed by atoms with Crippen molar-refractivity contribution in [1.29, 1.82) is 0 Å². The molecule has 0 aliphatic rings. The summed E-state index contributed by atoms with van der Waals surface area (Å²) in [4.78, 5) is 11.3. The standard InChI is InChI=1S/C14H16ClFN2O2/c1-14(2,3)20-13(19)18-6-4-5-9-7-10(16)8-11(15)12(9)17/h7-8H,6,17H2,1-3H3,(H,18,19). The minimum atomic E-state index is -0.572. The summed E-state index contributed by atoms with van der Waals surface area (Å²) in [5, 5.41) is 2.56. The number of nitrogen functional groups attached to an aromatic ring is 1. The van der Waals surface area contributed by atoms with Gasteiger partial charge in [-0.2, -0.15) is 0 Å². The van der Waals surface area contributed by atoms with Crippen LogP contribution in [0.3, 0.4) is 0 Å². The molecule has 20 heavy (non-hydrogen) atoms. The molecular weight excluding hydrogens is 283 g/mol. The van der Waals surface area contributed by atoms with Crippen molar-refractivity contribution in [2.45, 2.75) is 26.4 Å². The molecule has 0 spiro atoms. The number of alkyl carbamates (subject to hydrolysis) is 1. The van der Waals surface area contributed by atoms with Gasteiger partial charge in [-0.1, -0.05) is 23.4 Å². The topological polar surface area (TPSA) is 64.3 Å². The predicted molar refractivity (Wildman–Crippen MR) is 76.9 cm³/mol. The average molecular weight is 299 g/mol. The summed E-state index contributed by atoms with van der Waals surface area (Å²) in [5.74, 6) is 4.77. The number of ether oxygens (including phenoxy) is 1. The third kappa shape index (κ3) is 5.37. The first-order valence-corrected chi connectivity index (χ1v) is 6.27. The Labute approximate surface area is 122 Å². The molecule has 0 atom stereocenters. The van der Waals surface area contributed by atoms with E-state index in [1.165, 1.54) is 6.07 Å². The first-order valence-electron chi connectivity index (χ1n) is 5.89.